The third-order valence-corrected chi connectivity index (χ3v) is 8.25. The number of carbonyl (C=O) groups excluding carboxylic acids is 1. The maximum atomic E-state index is 13.2. The van der Waals surface area contributed by atoms with Gasteiger partial charge in [-0.15, -0.1) is 11.3 Å². The van der Waals surface area contributed by atoms with E-state index >= 15 is 0 Å². The Morgan fingerprint density at radius 1 is 1.06 bits per heavy atom. The molecule has 1 saturated heterocycles. The third-order valence-electron chi connectivity index (χ3n) is 5.45. The fourth-order valence-electron chi connectivity index (χ4n) is 3.72. The second-order valence-corrected chi connectivity index (χ2v) is 10.2. The zero-order chi connectivity index (χ0) is 23.6. The molecule has 4 rings (SSSR count). The summed E-state index contributed by atoms with van der Waals surface area (Å²) in [6, 6.07) is 15.1. The summed E-state index contributed by atoms with van der Waals surface area (Å²) in [5.74, 6) is -0.152. The molecule has 172 valence electrons. The molecule has 1 amide bonds. The molecule has 3 aromatic rings. The zero-order valence-corrected chi connectivity index (χ0v) is 19.3. The minimum absolute atomic E-state index is 0.0143. The number of nitro groups is 1. The predicted molar refractivity (Wildman–Crippen MR) is 124 cm³/mol. The van der Waals surface area contributed by atoms with Gasteiger partial charge in [0, 0.05) is 37.8 Å². The Morgan fingerprint density at radius 2 is 1.76 bits per heavy atom. The van der Waals surface area contributed by atoms with Crippen molar-refractivity contribution >= 4 is 33.0 Å². The molecule has 0 radical (unpaired) electrons. The SMILES string of the molecule is COc1ccc(S(=O)(=O)N2CCN(C(=O)c3sccc3-c3ccccc3)CC2)cc1[N+](=O)[O-]. The fraction of sp³-hybridized carbons (Fsp3) is 0.227. The van der Waals surface area contributed by atoms with E-state index in [0.717, 1.165) is 17.2 Å². The van der Waals surface area contributed by atoms with Gasteiger partial charge in [-0.25, -0.2) is 8.42 Å². The number of piperazine rings is 1. The van der Waals surface area contributed by atoms with Crippen LogP contribution in [0.5, 0.6) is 5.75 Å². The largest absolute Gasteiger partial charge is 0.490 e. The summed E-state index contributed by atoms with van der Waals surface area (Å²) >= 11 is 1.36. The van der Waals surface area contributed by atoms with Gasteiger partial charge in [0.25, 0.3) is 5.91 Å². The first kappa shape index (κ1) is 22.9. The first-order valence-electron chi connectivity index (χ1n) is 10.1. The maximum Gasteiger partial charge on any atom is 0.312 e. The number of rotatable bonds is 6. The van der Waals surface area contributed by atoms with Crippen molar-refractivity contribution in [2.24, 2.45) is 0 Å². The first-order valence-corrected chi connectivity index (χ1v) is 12.4. The van der Waals surface area contributed by atoms with Crippen molar-refractivity contribution in [1.82, 2.24) is 9.21 Å². The van der Waals surface area contributed by atoms with Crippen molar-refractivity contribution in [3.05, 3.63) is 75.0 Å². The molecular formula is C22H21N3O6S2. The molecule has 0 aliphatic carbocycles. The summed E-state index contributed by atoms with van der Waals surface area (Å²) in [5.41, 5.74) is 1.38. The molecule has 1 fully saturated rings. The lowest BCUT2D eigenvalue weighted by Crippen LogP contribution is -2.50. The zero-order valence-electron chi connectivity index (χ0n) is 17.7. The van der Waals surface area contributed by atoms with Crippen LogP contribution in [0.2, 0.25) is 0 Å². The monoisotopic (exact) mass is 487 g/mol. The minimum atomic E-state index is -3.96. The number of sulfonamides is 1. The van der Waals surface area contributed by atoms with Crippen LogP contribution in [0.25, 0.3) is 11.1 Å². The summed E-state index contributed by atoms with van der Waals surface area (Å²) in [5, 5.41) is 13.1. The lowest BCUT2D eigenvalue weighted by molar-refractivity contribution is -0.386. The van der Waals surface area contributed by atoms with Gasteiger partial charge in [-0.3, -0.25) is 14.9 Å². The van der Waals surface area contributed by atoms with Crippen LogP contribution in [0.4, 0.5) is 5.69 Å². The molecule has 1 aliphatic rings. The Kier molecular flexibility index (Phi) is 6.45. The summed E-state index contributed by atoms with van der Waals surface area (Å²) < 4.78 is 32.3. The van der Waals surface area contributed by atoms with Crippen molar-refractivity contribution in [2.45, 2.75) is 4.90 Å². The summed E-state index contributed by atoms with van der Waals surface area (Å²) in [6.45, 7) is 0.644. The van der Waals surface area contributed by atoms with E-state index in [-0.39, 0.29) is 42.7 Å². The normalized spacial score (nSPS) is 14.8. The summed E-state index contributed by atoms with van der Waals surface area (Å²) in [4.78, 5) is 25.8. The highest BCUT2D eigenvalue weighted by atomic mass is 32.2. The number of amides is 1. The van der Waals surface area contributed by atoms with Gasteiger partial charge in [-0.2, -0.15) is 4.31 Å². The second-order valence-electron chi connectivity index (χ2n) is 7.32. The number of carbonyl (C=O) groups is 1. The van der Waals surface area contributed by atoms with E-state index in [1.807, 2.05) is 41.8 Å². The molecule has 2 aromatic carbocycles. The Hall–Kier alpha value is -3.28. The Labute approximate surface area is 195 Å². The first-order chi connectivity index (χ1) is 15.8. The average molecular weight is 488 g/mol. The standard InChI is InChI=1S/C22H21N3O6S2/c1-31-20-8-7-17(15-19(20)25(27)28)33(29,30)24-12-10-23(11-13-24)22(26)21-18(9-14-32-21)16-5-3-2-4-6-16/h2-9,14-15H,10-13H2,1H3. The van der Waals surface area contributed by atoms with Crippen LogP contribution < -0.4 is 4.74 Å². The number of hydrogen-bond acceptors (Lipinski definition) is 7. The quantitative estimate of drug-likeness (QED) is 0.389. The number of nitro benzene ring substituents is 1. The molecule has 11 heteroatoms. The van der Waals surface area contributed by atoms with Crippen LogP contribution >= 0.6 is 11.3 Å². The van der Waals surface area contributed by atoms with Gasteiger partial charge in [0.05, 0.1) is 21.8 Å². The van der Waals surface area contributed by atoms with Crippen LogP contribution in [0.15, 0.2) is 64.9 Å². The lowest BCUT2D eigenvalue weighted by atomic mass is 10.1. The van der Waals surface area contributed by atoms with E-state index in [1.165, 1.54) is 34.9 Å². The molecule has 0 atom stereocenters. The molecule has 1 aromatic heterocycles. The van der Waals surface area contributed by atoms with Crippen molar-refractivity contribution in [2.75, 3.05) is 33.3 Å². The second kappa shape index (κ2) is 9.30. The molecule has 0 spiro atoms. The molecule has 9 nitrogen and oxygen atoms in total. The van der Waals surface area contributed by atoms with Crippen molar-refractivity contribution in [3.63, 3.8) is 0 Å². The average Bonchev–Trinajstić information content (AvgIpc) is 3.33. The van der Waals surface area contributed by atoms with Crippen LogP contribution in [0, 0.1) is 10.1 Å². The number of nitrogens with zero attached hydrogens (tertiary/aromatic N) is 3. The van der Waals surface area contributed by atoms with E-state index in [4.69, 9.17) is 4.74 Å². The van der Waals surface area contributed by atoms with E-state index in [1.54, 1.807) is 4.90 Å². The molecular weight excluding hydrogens is 466 g/mol. The predicted octanol–water partition coefficient (Wildman–Crippen LogP) is 3.48. The van der Waals surface area contributed by atoms with Gasteiger partial charge < -0.3 is 9.64 Å². The van der Waals surface area contributed by atoms with Crippen LogP contribution in [0.3, 0.4) is 0 Å². The number of hydrogen-bond donors (Lipinski definition) is 0. The Morgan fingerprint density at radius 3 is 2.39 bits per heavy atom. The fourth-order valence-corrected chi connectivity index (χ4v) is 6.04. The van der Waals surface area contributed by atoms with Crippen molar-refractivity contribution in [3.8, 4) is 16.9 Å². The van der Waals surface area contributed by atoms with E-state index in [0.29, 0.717) is 4.88 Å². The van der Waals surface area contributed by atoms with Crippen LogP contribution in [-0.4, -0.2) is 61.7 Å². The maximum absolute atomic E-state index is 13.2. The lowest BCUT2D eigenvalue weighted by Gasteiger charge is -2.34. The summed E-state index contributed by atoms with van der Waals surface area (Å²) in [6.07, 6.45) is 0. The van der Waals surface area contributed by atoms with Gasteiger partial charge in [0.2, 0.25) is 10.0 Å². The number of thiophene rings is 1. The molecule has 33 heavy (non-hydrogen) atoms. The van der Waals surface area contributed by atoms with E-state index in [9.17, 15) is 23.3 Å². The third kappa shape index (κ3) is 4.47. The molecule has 2 heterocycles. The highest BCUT2D eigenvalue weighted by molar-refractivity contribution is 7.89. The smallest absolute Gasteiger partial charge is 0.312 e. The van der Waals surface area contributed by atoms with Gasteiger partial charge in [-0.05, 0) is 29.1 Å². The molecule has 0 unspecified atom stereocenters. The van der Waals surface area contributed by atoms with E-state index < -0.39 is 20.6 Å². The van der Waals surface area contributed by atoms with Gasteiger partial charge in [0.15, 0.2) is 5.75 Å². The summed E-state index contributed by atoms with van der Waals surface area (Å²) in [7, 11) is -2.68. The molecule has 0 bridgehead atoms. The Balaban J connectivity index is 1.49. The van der Waals surface area contributed by atoms with Crippen LogP contribution in [-0.2, 0) is 10.0 Å². The number of methoxy groups -OCH3 is 1. The van der Waals surface area contributed by atoms with Crippen molar-refractivity contribution < 1.29 is 22.9 Å². The highest BCUT2D eigenvalue weighted by Gasteiger charge is 2.33. The Bertz CT molecular complexity index is 1280. The highest BCUT2D eigenvalue weighted by Crippen LogP contribution is 2.32. The number of benzene rings is 2. The number of ether oxygens (including phenoxy) is 1. The minimum Gasteiger partial charge on any atom is -0.490 e. The van der Waals surface area contributed by atoms with Gasteiger partial charge in [-0.1, -0.05) is 30.3 Å². The van der Waals surface area contributed by atoms with Gasteiger partial charge in [0.1, 0.15) is 0 Å². The molecule has 0 N–H and O–H groups in total. The van der Waals surface area contributed by atoms with Gasteiger partial charge >= 0.3 is 5.69 Å². The van der Waals surface area contributed by atoms with E-state index in [2.05, 4.69) is 0 Å². The molecule has 0 saturated carbocycles. The topological polar surface area (TPSA) is 110 Å². The molecule has 1 aliphatic heterocycles. The van der Waals surface area contributed by atoms with Crippen LogP contribution in [0.1, 0.15) is 9.67 Å². The van der Waals surface area contributed by atoms with Crippen molar-refractivity contribution in [1.29, 1.82) is 0 Å².